The summed E-state index contributed by atoms with van der Waals surface area (Å²) in [7, 11) is 0. The Hall–Kier alpha value is -0.240. The van der Waals surface area contributed by atoms with Gasteiger partial charge in [0.2, 0.25) is 0 Å². The van der Waals surface area contributed by atoms with Crippen molar-refractivity contribution >= 4 is 11.8 Å². The molecule has 6 unspecified atom stereocenters. The molecule has 0 aromatic carbocycles. The van der Waals surface area contributed by atoms with Crippen LogP contribution in [0.4, 0.5) is 0 Å². The van der Waals surface area contributed by atoms with Crippen molar-refractivity contribution in [2.75, 3.05) is 12.4 Å². The van der Waals surface area contributed by atoms with E-state index in [2.05, 4.69) is 18.3 Å². The van der Waals surface area contributed by atoms with Gasteiger partial charge in [-0.25, -0.2) is 0 Å². The molecule has 4 heteroatoms. The molecule has 118 valence electrons. The van der Waals surface area contributed by atoms with Crippen LogP contribution in [0.3, 0.4) is 0 Å². The molecule has 2 heterocycles. The Morgan fingerprint density at radius 3 is 2.81 bits per heavy atom. The fourth-order valence-electron chi connectivity index (χ4n) is 4.57. The number of rotatable bonds is 4. The van der Waals surface area contributed by atoms with Crippen LogP contribution in [0.2, 0.25) is 0 Å². The molecule has 0 aromatic heterocycles. The zero-order valence-corrected chi connectivity index (χ0v) is 13.9. The molecule has 0 aromatic rings. The van der Waals surface area contributed by atoms with Gasteiger partial charge in [-0.1, -0.05) is 19.8 Å². The molecule has 0 amide bonds. The van der Waals surface area contributed by atoms with Gasteiger partial charge in [0.15, 0.2) is 0 Å². The fourth-order valence-corrected chi connectivity index (χ4v) is 5.78. The van der Waals surface area contributed by atoms with Crippen LogP contribution in [0.15, 0.2) is 0 Å². The summed E-state index contributed by atoms with van der Waals surface area (Å²) in [6, 6.07) is 3.28. The van der Waals surface area contributed by atoms with Crippen LogP contribution in [0.25, 0.3) is 0 Å². The van der Waals surface area contributed by atoms with E-state index in [0.29, 0.717) is 29.4 Å². The summed E-state index contributed by atoms with van der Waals surface area (Å²) >= 11 is 1.96. The van der Waals surface area contributed by atoms with Crippen molar-refractivity contribution in [2.24, 2.45) is 17.8 Å². The van der Waals surface area contributed by atoms with Crippen molar-refractivity contribution < 1.29 is 4.74 Å². The van der Waals surface area contributed by atoms with E-state index >= 15 is 0 Å². The first-order valence-corrected chi connectivity index (χ1v) is 9.79. The summed E-state index contributed by atoms with van der Waals surface area (Å²) in [5.74, 6) is 2.37. The predicted molar refractivity (Wildman–Crippen MR) is 87.0 cm³/mol. The second-order valence-electron chi connectivity index (χ2n) is 6.80. The molecule has 0 spiro atoms. The average Bonchev–Trinajstić information content (AvgIpc) is 3.05. The van der Waals surface area contributed by atoms with Crippen LogP contribution in [-0.2, 0) is 4.74 Å². The van der Waals surface area contributed by atoms with Gasteiger partial charge in [0, 0.05) is 18.6 Å². The predicted octanol–water partition coefficient (Wildman–Crippen LogP) is 3.55. The minimum atomic E-state index is 0.115. The van der Waals surface area contributed by atoms with Crippen LogP contribution in [-0.4, -0.2) is 29.9 Å². The van der Waals surface area contributed by atoms with Crippen LogP contribution in [0, 0.1) is 29.1 Å². The Labute approximate surface area is 133 Å². The lowest BCUT2D eigenvalue weighted by Crippen LogP contribution is -2.58. The van der Waals surface area contributed by atoms with Crippen molar-refractivity contribution in [3.05, 3.63) is 0 Å². The summed E-state index contributed by atoms with van der Waals surface area (Å²) in [5.41, 5.74) is 0. The summed E-state index contributed by atoms with van der Waals surface area (Å²) < 4.78 is 6.04. The average molecular weight is 308 g/mol. The minimum Gasteiger partial charge on any atom is -0.378 e. The van der Waals surface area contributed by atoms with Crippen LogP contribution < -0.4 is 5.32 Å². The monoisotopic (exact) mass is 308 g/mol. The molecule has 1 aliphatic carbocycles. The number of piperidine rings is 1. The van der Waals surface area contributed by atoms with Gasteiger partial charge in [-0.05, 0) is 43.8 Å². The number of ether oxygens (including phenoxy) is 1. The Morgan fingerprint density at radius 1 is 1.24 bits per heavy atom. The molecule has 1 N–H and O–H groups in total. The molecule has 2 aliphatic heterocycles. The molecule has 6 atom stereocenters. The van der Waals surface area contributed by atoms with Crippen LogP contribution >= 0.6 is 11.8 Å². The zero-order chi connectivity index (χ0) is 14.7. The van der Waals surface area contributed by atoms with Gasteiger partial charge in [-0.15, -0.1) is 11.8 Å². The first kappa shape index (κ1) is 15.6. The van der Waals surface area contributed by atoms with Crippen molar-refractivity contribution in [3.8, 4) is 6.07 Å². The van der Waals surface area contributed by atoms with E-state index in [1.165, 1.54) is 38.5 Å². The van der Waals surface area contributed by atoms with Gasteiger partial charge in [-0.3, -0.25) is 0 Å². The Balaban J connectivity index is 1.80. The fraction of sp³-hybridized carbons (Fsp3) is 0.941. The second kappa shape index (κ2) is 7.35. The van der Waals surface area contributed by atoms with Gasteiger partial charge < -0.3 is 10.1 Å². The molecular weight excluding hydrogens is 280 g/mol. The van der Waals surface area contributed by atoms with E-state index in [9.17, 15) is 5.26 Å². The number of nitriles is 1. The first-order valence-electron chi connectivity index (χ1n) is 8.74. The third-order valence-corrected chi connectivity index (χ3v) is 6.91. The van der Waals surface area contributed by atoms with E-state index in [1.54, 1.807) is 0 Å². The highest BCUT2D eigenvalue weighted by atomic mass is 32.2. The van der Waals surface area contributed by atoms with Gasteiger partial charge in [0.1, 0.15) is 0 Å². The normalized spacial score (nSPS) is 43.2. The van der Waals surface area contributed by atoms with Crippen molar-refractivity contribution in [1.82, 2.24) is 5.32 Å². The number of hydrogen-bond donors (Lipinski definition) is 1. The number of hydrogen-bond acceptors (Lipinski definition) is 4. The third kappa shape index (κ3) is 3.25. The standard InChI is InChI=1S/C17H28N2OS/c1-2-10-21-17-13(11-18)16(15-8-5-9-20-15)12-6-3-4-7-14(12)19-17/h12-17,19H,2-10H2,1H3. The SMILES string of the molecule is CCCSC1NC2CCCCC2C(C2CCCO2)C1C#N. The maximum Gasteiger partial charge on any atom is 0.0766 e. The Kier molecular flexibility index (Phi) is 5.48. The van der Waals surface area contributed by atoms with Gasteiger partial charge in [-0.2, -0.15) is 5.26 Å². The molecule has 2 saturated heterocycles. The summed E-state index contributed by atoms with van der Waals surface area (Å²) in [6.45, 7) is 3.12. The van der Waals surface area contributed by atoms with Crippen molar-refractivity contribution in [1.29, 1.82) is 5.26 Å². The summed E-state index contributed by atoms with van der Waals surface area (Å²) in [4.78, 5) is 0. The lowest BCUT2D eigenvalue weighted by molar-refractivity contribution is -0.0209. The molecule has 3 fully saturated rings. The summed E-state index contributed by atoms with van der Waals surface area (Å²) in [5, 5.41) is 14.0. The first-order chi connectivity index (χ1) is 10.3. The minimum absolute atomic E-state index is 0.115. The lowest BCUT2D eigenvalue weighted by atomic mass is 9.66. The molecule has 1 saturated carbocycles. The van der Waals surface area contributed by atoms with Gasteiger partial charge in [0.25, 0.3) is 0 Å². The van der Waals surface area contributed by atoms with Crippen LogP contribution in [0.5, 0.6) is 0 Å². The Bertz CT molecular complexity index is 377. The smallest absolute Gasteiger partial charge is 0.0766 e. The number of fused-ring (bicyclic) bond motifs is 1. The summed E-state index contributed by atoms with van der Waals surface area (Å²) in [6.07, 6.45) is 9.10. The van der Waals surface area contributed by atoms with Gasteiger partial charge in [0.05, 0.1) is 23.5 Å². The Morgan fingerprint density at radius 2 is 2.10 bits per heavy atom. The van der Waals surface area contributed by atoms with E-state index in [0.717, 1.165) is 18.8 Å². The number of nitrogens with one attached hydrogen (secondary N) is 1. The van der Waals surface area contributed by atoms with E-state index < -0.39 is 0 Å². The van der Waals surface area contributed by atoms with Crippen molar-refractivity contribution in [2.45, 2.75) is 69.4 Å². The number of nitrogens with zero attached hydrogens (tertiary/aromatic N) is 1. The molecular formula is C17H28N2OS. The largest absolute Gasteiger partial charge is 0.378 e. The molecule has 3 rings (SSSR count). The molecule has 3 aliphatic rings. The quantitative estimate of drug-likeness (QED) is 0.862. The van der Waals surface area contributed by atoms with Crippen molar-refractivity contribution in [3.63, 3.8) is 0 Å². The molecule has 0 radical (unpaired) electrons. The highest BCUT2D eigenvalue weighted by Gasteiger charge is 2.49. The second-order valence-corrected chi connectivity index (χ2v) is 8.05. The molecule has 0 bridgehead atoms. The topological polar surface area (TPSA) is 45.0 Å². The van der Waals surface area contributed by atoms with E-state index in [1.807, 2.05) is 11.8 Å². The van der Waals surface area contributed by atoms with E-state index in [-0.39, 0.29) is 5.92 Å². The highest BCUT2D eigenvalue weighted by Crippen LogP contribution is 2.46. The van der Waals surface area contributed by atoms with E-state index in [4.69, 9.17) is 4.74 Å². The maximum atomic E-state index is 9.82. The van der Waals surface area contributed by atoms with Gasteiger partial charge >= 0.3 is 0 Å². The highest BCUT2D eigenvalue weighted by molar-refractivity contribution is 7.99. The number of thioether (sulfide) groups is 1. The molecule has 21 heavy (non-hydrogen) atoms. The lowest BCUT2D eigenvalue weighted by Gasteiger charge is -2.49. The maximum absolute atomic E-state index is 9.82. The van der Waals surface area contributed by atoms with Crippen LogP contribution in [0.1, 0.15) is 51.9 Å². The zero-order valence-electron chi connectivity index (χ0n) is 13.1. The third-order valence-electron chi connectivity index (χ3n) is 5.48. The molecule has 3 nitrogen and oxygen atoms in total.